The summed E-state index contributed by atoms with van der Waals surface area (Å²) < 4.78 is 12.7. The van der Waals surface area contributed by atoms with E-state index in [9.17, 15) is 9.50 Å². The summed E-state index contributed by atoms with van der Waals surface area (Å²) in [7, 11) is 0. The topological polar surface area (TPSA) is 35.5 Å². The van der Waals surface area contributed by atoms with Gasteiger partial charge in [0, 0.05) is 31.1 Å². The van der Waals surface area contributed by atoms with Crippen LogP contribution in [0.4, 0.5) is 4.39 Å². The first kappa shape index (κ1) is 8.15. The van der Waals surface area contributed by atoms with Gasteiger partial charge in [-0.2, -0.15) is 0 Å². The first-order valence-corrected chi connectivity index (χ1v) is 5.06. The fourth-order valence-corrected chi connectivity index (χ4v) is 2.52. The lowest BCUT2D eigenvalue weighted by molar-refractivity contribution is -0.0671. The van der Waals surface area contributed by atoms with Crippen LogP contribution < -0.4 is 5.32 Å². The lowest BCUT2D eigenvalue weighted by Crippen LogP contribution is -2.68. The first-order chi connectivity index (χ1) is 6.24. The maximum Gasteiger partial charge on any atom is 0.113 e. The molecule has 2 N–H and O–H groups in total. The molecule has 0 amide bonds. The highest BCUT2D eigenvalue weighted by Gasteiger charge is 2.48. The molecule has 13 heavy (non-hydrogen) atoms. The van der Waals surface area contributed by atoms with Gasteiger partial charge in [-0.15, -0.1) is 0 Å². The van der Waals surface area contributed by atoms with Crippen LogP contribution >= 0.6 is 0 Å². The Bertz CT molecular complexity index is 210. The number of aliphatic hydroxyl groups is 1. The van der Waals surface area contributed by atoms with Crippen LogP contribution in [-0.2, 0) is 0 Å². The molecule has 3 nitrogen and oxygen atoms in total. The lowest BCUT2D eigenvalue weighted by atomic mass is 9.91. The van der Waals surface area contributed by atoms with Gasteiger partial charge in [-0.3, -0.25) is 4.90 Å². The molecule has 3 saturated heterocycles. The monoisotopic (exact) mass is 186 g/mol. The summed E-state index contributed by atoms with van der Waals surface area (Å²) in [5.74, 6) is -0.0995. The Balaban J connectivity index is 1.59. The summed E-state index contributed by atoms with van der Waals surface area (Å²) in [6.45, 7) is 1.78. The van der Waals surface area contributed by atoms with Gasteiger partial charge in [-0.05, 0) is 12.8 Å². The predicted octanol–water partition coefficient (Wildman–Crippen LogP) is -0.291. The number of piperazine rings is 1. The quantitative estimate of drug-likeness (QED) is 0.622. The highest BCUT2D eigenvalue weighted by atomic mass is 19.1. The molecule has 4 rings (SSSR count). The molecule has 0 aromatic rings. The lowest BCUT2D eigenvalue weighted by Gasteiger charge is -2.49. The molecule has 4 fully saturated rings. The van der Waals surface area contributed by atoms with E-state index in [0.29, 0.717) is 18.5 Å². The number of alkyl halides is 1. The number of aliphatic hydroxyl groups excluding tert-OH is 1. The van der Waals surface area contributed by atoms with Crippen molar-refractivity contribution in [3.05, 3.63) is 0 Å². The average molecular weight is 186 g/mol. The van der Waals surface area contributed by atoms with E-state index in [0.717, 1.165) is 13.1 Å². The molecular formula is C9H15FN2O. The molecule has 3 heterocycles. The molecule has 4 aliphatic rings. The highest BCUT2D eigenvalue weighted by Crippen LogP contribution is 2.39. The van der Waals surface area contributed by atoms with E-state index in [-0.39, 0.29) is 5.92 Å². The third-order valence-corrected chi connectivity index (χ3v) is 3.47. The molecular weight excluding hydrogens is 171 g/mol. The summed E-state index contributed by atoms with van der Waals surface area (Å²) >= 11 is 0. The molecule has 1 saturated carbocycles. The number of nitrogens with zero attached hydrogens (tertiary/aromatic N) is 1. The average Bonchev–Trinajstić information content (AvgIpc) is 2.80. The van der Waals surface area contributed by atoms with Crippen molar-refractivity contribution >= 4 is 0 Å². The molecule has 74 valence electrons. The van der Waals surface area contributed by atoms with Gasteiger partial charge in [0.05, 0.1) is 0 Å². The van der Waals surface area contributed by atoms with E-state index in [1.165, 1.54) is 6.42 Å². The Morgan fingerprint density at radius 2 is 1.85 bits per heavy atom. The fraction of sp³-hybridized carbons (Fsp3) is 1.00. The van der Waals surface area contributed by atoms with Crippen molar-refractivity contribution in [2.24, 2.45) is 5.92 Å². The molecule has 1 aliphatic carbocycles. The largest absolute Gasteiger partial charge is 0.378 e. The van der Waals surface area contributed by atoms with E-state index < -0.39 is 12.4 Å². The van der Waals surface area contributed by atoms with Gasteiger partial charge in [0.2, 0.25) is 0 Å². The summed E-state index contributed by atoms with van der Waals surface area (Å²) in [5, 5.41) is 13.2. The molecule has 3 aliphatic heterocycles. The van der Waals surface area contributed by atoms with Gasteiger partial charge >= 0.3 is 0 Å². The number of rotatable bonds is 2. The second-order valence-electron chi connectivity index (χ2n) is 4.58. The van der Waals surface area contributed by atoms with Crippen LogP contribution in [0.1, 0.15) is 12.8 Å². The minimum absolute atomic E-state index is 0.0995. The molecule has 4 heteroatoms. The van der Waals surface area contributed by atoms with Crippen LogP contribution in [0.3, 0.4) is 0 Å². The molecule has 0 spiro atoms. The van der Waals surface area contributed by atoms with Gasteiger partial charge in [-0.25, -0.2) is 4.39 Å². The Hall–Kier alpha value is -0.190. The number of hydrogen-bond donors (Lipinski definition) is 2. The summed E-state index contributed by atoms with van der Waals surface area (Å²) in [5.41, 5.74) is 0. The Morgan fingerprint density at radius 3 is 2.31 bits per heavy atom. The van der Waals surface area contributed by atoms with Gasteiger partial charge < -0.3 is 10.4 Å². The zero-order chi connectivity index (χ0) is 9.00. The molecule has 5 atom stereocenters. The third-order valence-electron chi connectivity index (χ3n) is 3.47. The maximum atomic E-state index is 12.7. The minimum Gasteiger partial charge on any atom is -0.378 e. The molecule has 0 radical (unpaired) electrons. The van der Waals surface area contributed by atoms with Crippen LogP contribution in [0.2, 0.25) is 0 Å². The van der Waals surface area contributed by atoms with E-state index in [1.807, 2.05) is 4.90 Å². The van der Waals surface area contributed by atoms with Crippen LogP contribution in [0.5, 0.6) is 0 Å². The molecule has 4 unspecified atom stereocenters. The number of nitrogens with one attached hydrogen (secondary N) is 1. The van der Waals surface area contributed by atoms with Crippen LogP contribution in [0.25, 0.3) is 0 Å². The Labute approximate surface area is 76.9 Å². The van der Waals surface area contributed by atoms with Gasteiger partial charge in [0.1, 0.15) is 12.4 Å². The van der Waals surface area contributed by atoms with Crippen molar-refractivity contribution in [3.63, 3.8) is 0 Å². The third kappa shape index (κ3) is 1.28. The van der Waals surface area contributed by atoms with E-state index in [4.69, 9.17) is 0 Å². The zero-order valence-electron chi connectivity index (χ0n) is 7.49. The normalized spacial score (nSPS) is 51.2. The van der Waals surface area contributed by atoms with Crippen LogP contribution in [0.15, 0.2) is 0 Å². The number of piperidine rings is 1. The van der Waals surface area contributed by atoms with E-state index in [2.05, 4.69) is 5.32 Å². The Morgan fingerprint density at radius 1 is 1.31 bits per heavy atom. The van der Waals surface area contributed by atoms with Crippen molar-refractivity contribution in [2.75, 3.05) is 13.1 Å². The van der Waals surface area contributed by atoms with Crippen molar-refractivity contribution in [3.8, 4) is 0 Å². The van der Waals surface area contributed by atoms with Crippen molar-refractivity contribution in [1.82, 2.24) is 10.2 Å². The summed E-state index contributed by atoms with van der Waals surface area (Å²) in [6, 6.07) is 1.09. The predicted molar refractivity (Wildman–Crippen MR) is 45.9 cm³/mol. The van der Waals surface area contributed by atoms with E-state index in [1.54, 1.807) is 0 Å². The summed E-state index contributed by atoms with van der Waals surface area (Å²) in [4.78, 5) is 2.03. The highest BCUT2D eigenvalue weighted by molar-refractivity contribution is 5.01. The van der Waals surface area contributed by atoms with Gasteiger partial charge in [-0.1, -0.05) is 0 Å². The van der Waals surface area contributed by atoms with Crippen molar-refractivity contribution in [1.29, 1.82) is 0 Å². The second kappa shape index (κ2) is 2.65. The second-order valence-corrected chi connectivity index (χ2v) is 4.58. The van der Waals surface area contributed by atoms with Crippen LogP contribution in [0, 0.1) is 5.92 Å². The fourth-order valence-electron chi connectivity index (χ4n) is 2.52. The standard InChI is InChI=1S/C9H15FN2O/c10-8-2-7(8)9(13)12-3-5-1-6(4-12)11-5/h5-9,11,13H,1-4H2/t5?,6?,7-,8?,9?/m1/s1. The maximum absolute atomic E-state index is 12.7. The number of halogens is 1. The minimum atomic E-state index is -0.749. The Kier molecular flexibility index (Phi) is 1.66. The summed E-state index contributed by atoms with van der Waals surface area (Å²) in [6.07, 6.45) is 0.511. The van der Waals surface area contributed by atoms with Gasteiger partial charge in [0.15, 0.2) is 0 Å². The van der Waals surface area contributed by atoms with Crippen molar-refractivity contribution < 1.29 is 9.50 Å². The molecule has 2 bridgehead atoms. The van der Waals surface area contributed by atoms with Crippen LogP contribution in [-0.4, -0.2) is 47.6 Å². The van der Waals surface area contributed by atoms with Crippen molar-refractivity contribution in [2.45, 2.75) is 37.3 Å². The molecule has 0 aromatic heterocycles. The molecule has 0 aromatic carbocycles. The number of fused-ring (bicyclic) bond motifs is 2. The van der Waals surface area contributed by atoms with Gasteiger partial charge in [0.25, 0.3) is 0 Å². The van der Waals surface area contributed by atoms with E-state index >= 15 is 0 Å². The zero-order valence-corrected chi connectivity index (χ0v) is 7.49. The SMILES string of the molecule is OC([C@@H]1CC1F)N1CC2CC(C1)N2. The smallest absolute Gasteiger partial charge is 0.113 e. The first-order valence-electron chi connectivity index (χ1n) is 5.06. The number of hydrogen-bond acceptors (Lipinski definition) is 3.